The molecule has 0 amide bonds. The summed E-state index contributed by atoms with van der Waals surface area (Å²) in [4.78, 5) is 12.4. The van der Waals surface area contributed by atoms with Crippen LogP contribution in [0.15, 0.2) is 58.9 Å². The van der Waals surface area contributed by atoms with Gasteiger partial charge in [0.25, 0.3) is 0 Å². The number of aliphatic imine (C=N–C) groups is 1. The molecule has 2 heterocycles. The Hall–Kier alpha value is -1.95. The number of imidazole rings is 1. The van der Waals surface area contributed by atoms with Crippen LogP contribution in [0.4, 0.5) is 0 Å². The van der Waals surface area contributed by atoms with Gasteiger partial charge in [0.15, 0.2) is 5.96 Å². The summed E-state index contributed by atoms with van der Waals surface area (Å²) in [7, 11) is 1.88. The van der Waals surface area contributed by atoms with E-state index in [0.717, 1.165) is 37.8 Å². The van der Waals surface area contributed by atoms with Crippen LogP contribution in [-0.4, -0.2) is 52.8 Å². The third-order valence-electron chi connectivity index (χ3n) is 4.95. The van der Waals surface area contributed by atoms with Crippen molar-refractivity contribution in [2.45, 2.75) is 30.7 Å². The normalized spacial score (nSPS) is 21.0. The zero-order valence-corrected chi connectivity index (χ0v) is 16.5. The Bertz CT molecular complexity index is 671. The molecule has 1 aromatic carbocycles. The van der Waals surface area contributed by atoms with Crippen LogP contribution in [0.25, 0.3) is 0 Å². The van der Waals surface area contributed by atoms with Crippen LogP contribution in [-0.2, 0) is 0 Å². The van der Waals surface area contributed by atoms with E-state index >= 15 is 0 Å². The van der Waals surface area contributed by atoms with Gasteiger partial charge in [-0.15, -0.1) is 11.8 Å². The summed E-state index contributed by atoms with van der Waals surface area (Å²) >= 11 is 1.91. The van der Waals surface area contributed by atoms with Gasteiger partial charge in [-0.3, -0.25) is 4.99 Å². The summed E-state index contributed by atoms with van der Waals surface area (Å²) in [6, 6.07) is 11.0. The number of likely N-dealkylation sites (tertiary alicyclic amines) is 1. The van der Waals surface area contributed by atoms with E-state index in [1.807, 2.05) is 31.3 Å². The molecule has 6 heteroatoms. The number of hydrogen-bond acceptors (Lipinski definition) is 3. The van der Waals surface area contributed by atoms with Gasteiger partial charge in [-0.2, -0.15) is 0 Å². The fourth-order valence-corrected chi connectivity index (χ4v) is 4.28. The topological polar surface area (TPSA) is 45.5 Å². The van der Waals surface area contributed by atoms with Crippen LogP contribution in [0.3, 0.4) is 0 Å². The quantitative estimate of drug-likeness (QED) is 0.365. The average Bonchev–Trinajstić information content (AvgIpc) is 3.21. The molecule has 140 valence electrons. The fourth-order valence-electron chi connectivity index (χ4n) is 3.41. The molecule has 3 rings (SSSR count). The van der Waals surface area contributed by atoms with Gasteiger partial charge in [0.1, 0.15) is 0 Å². The van der Waals surface area contributed by atoms with Crippen LogP contribution in [0.1, 0.15) is 25.8 Å². The smallest absolute Gasteiger partial charge is 0.193 e. The van der Waals surface area contributed by atoms with Crippen molar-refractivity contribution in [2.24, 2.45) is 10.9 Å². The fraction of sp³-hybridized carbons (Fsp3) is 0.500. The minimum atomic E-state index is 0.457. The van der Waals surface area contributed by atoms with Gasteiger partial charge in [0.2, 0.25) is 0 Å². The van der Waals surface area contributed by atoms with Gasteiger partial charge in [-0.25, -0.2) is 4.98 Å². The number of thioether (sulfide) groups is 1. The molecule has 1 fully saturated rings. The average molecular weight is 372 g/mol. The number of aromatic nitrogens is 2. The monoisotopic (exact) mass is 371 g/mol. The largest absolute Gasteiger partial charge is 0.356 e. The summed E-state index contributed by atoms with van der Waals surface area (Å²) in [5.74, 6) is 2.79. The summed E-state index contributed by atoms with van der Waals surface area (Å²) in [6.07, 6.45) is 8.16. The molecule has 0 aliphatic carbocycles. The number of benzene rings is 1. The first-order chi connectivity index (χ1) is 12.8. The maximum Gasteiger partial charge on any atom is 0.193 e. The van der Waals surface area contributed by atoms with Gasteiger partial charge in [-0.05, 0) is 36.6 Å². The second-order valence-corrected chi connectivity index (χ2v) is 7.95. The first-order valence-electron chi connectivity index (χ1n) is 9.39. The highest BCUT2D eigenvalue weighted by Crippen LogP contribution is 2.27. The molecule has 1 aromatic heterocycles. The van der Waals surface area contributed by atoms with E-state index in [0.29, 0.717) is 12.0 Å². The van der Waals surface area contributed by atoms with Gasteiger partial charge in [-0.1, -0.05) is 25.1 Å². The molecular weight excluding hydrogens is 342 g/mol. The van der Waals surface area contributed by atoms with Gasteiger partial charge in [0.05, 0.1) is 12.4 Å². The second kappa shape index (κ2) is 9.67. The van der Waals surface area contributed by atoms with E-state index in [1.54, 1.807) is 0 Å². The molecule has 1 saturated heterocycles. The Morgan fingerprint density at radius 1 is 1.35 bits per heavy atom. The van der Waals surface area contributed by atoms with Crippen LogP contribution in [0.5, 0.6) is 0 Å². The minimum Gasteiger partial charge on any atom is -0.356 e. The van der Waals surface area contributed by atoms with Crippen LogP contribution < -0.4 is 5.32 Å². The van der Waals surface area contributed by atoms with E-state index in [4.69, 9.17) is 0 Å². The standard InChI is InChI=1S/C20H29N5S/c1-17-9-12-24(15-19(17)25-13-11-22-16-25)20(21-2)23-10-6-14-26-18-7-4-3-5-8-18/h3-5,7-8,11,13,16-17,19H,6,9-10,12,14-15H2,1-2H3,(H,21,23). The molecule has 5 nitrogen and oxygen atoms in total. The van der Waals surface area contributed by atoms with Crippen molar-refractivity contribution in [1.29, 1.82) is 0 Å². The van der Waals surface area contributed by atoms with Crippen molar-refractivity contribution in [3.63, 3.8) is 0 Å². The van der Waals surface area contributed by atoms with Crippen LogP contribution >= 0.6 is 11.8 Å². The second-order valence-electron chi connectivity index (χ2n) is 6.78. The number of nitrogens with zero attached hydrogens (tertiary/aromatic N) is 4. The maximum atomic E-state index is 4.51. The number of guanidine groups is 1. The third kappa shape index (κ3) is 5.04. The lowest BCUT2D eigenvalue weighted by Crippen LogP contribution is -2.49. The molecule has 2 unspecified atom stereocenters. The molecule has 0 spiro atoms. The molecule has 1 aliphatic rings. The van der Waals surface area contributed by atoms with Crippen molar-refractivity contribution in [1.82, 2.24) is 19.8 Å². The lowest BCUT2D eigenvalue weighted by Gasteiger charge is -2.39. The predicted molar refractivity (Wildman–Crippen MR) is 110 cm³/mol. The van der Waals surface area contributed by atoms with Crippen LogP contribution in [0, 0.1) is 5.92 Å². The molecule has 26 heavy (non-hydrogen) atoms. The molecule has 2 aromatic rings. The number of rotatable bonds is 6. The lowest BCUT2D eigenvalue weighted by molar-refractivity contribution is 0.189. The minimum absolute atomic E-state index is 0.457. The third-order valence-corrected chi connectivity index (χ3v) is 6.05. The van der Waals surface area contributed by atoms with Gasteiger partial charge >= 0.3 is 0 Å². The molecule has 1 N–H and O–H groups in total. The molecular formula is C20H29N5S. The predicted octanol–water partition coefficient (Wildman–Crippen LogP) is 3.52. The molecule has 2 atom stereocenters. The van der Waals surface area contributed by atoms with E-state index in [9.17, 15) is 0 Å². The van der Waals surface area contributed by atoms with E-state index in [1.165, 1.54) is 11.3 Å². The zero-order chi connectivity index (χ0) is 18.2. The Morgan fingerprint density at radius 3 is 2.92 bits per heavy atom. The van der Waals surface area contributed by atoms with Crippen molar-refractivity contribution >= 4 is 17.7 Å². The van der Waals surface area contributed by atoms with E-state index in [2.05, 4.69) is 68.2 Å². The summed E-state index contributed by atoms with van der Waals surface area (Å²) in [5.41, 5.74) is 0. The Morgan fingerprint density at radius 2 is 2.19 bits per heavy atom. The number of hydrogen-bond donors (Lipinski definition) is 1. The zero-order valence-electron chi connectivity index (χ0n) is 15.7. The first kappa shape index (κ1) is 18.8. The van der Waals surface area contributed by atoms with E-state index < -0.39 is 0 Å². The highest BCUT2D eigenvalue weighted by atomic mass is 32.2. The highest BCUT2D eigenvalue weighted by Gasteiger charge is 2.28. The van der Waals surface area contributed by atoms with E-state index in [-0.39, 0.29) is 0 Å². The SMILES string of the molecule is CN=C(NCCCSc1ccccc1)N1CCC(C)C(n2ccnc2)C1. The van der Waals surface area contributed by atoms with Gasteiger partial charge in [0, 0.05) is 44.0 Å². The van der Waals surface area contributed by atoms with Crippen molar-refractivity contribution in [3.8, 4) is 0 Å². The summed E-state index contributed by atoms with van der Waals surface area (Å²) in [6.45, 7) is 5.33. The summed E-state index contributed by atoms with van der Waals surface area (Å²) < 4.78 is 2.24. The number of nitrogens with one attached hydrogen (secondary N) is 1. The Kier molecular flexibility index (Phi) is 7.00. The molecule has 0 saturated carbocycles. The lowest BCUT2D eigenvalue weighted by atomic mass is 9.93. The highest BCUT2D eigenvalue weighted by molar-refractivity contribution is 7.99. The molecule has 1 aliphatic heterocycles. The summed E-state index contributed by atoms with van der Waals surface area (Å²) in [5, 5.41) is 3.54. The Balaban J connectivity index is 1.45. The van der Waals surface area contributed by atoms with Crippen molar-refractivity contribution in [3.05, 3.63) is 49.1 Å². The van der Waals surface area contributed by atoms with Crippen LogP contribution in [0.2, 0.25) is 0 Å². The Labute approximate surface area is 160 Å². The first-order valence-corrected chi connectivity index (χ1v) is 10.4. The maximum absolute atomic E-state index is 4.51. The molecule has 0 radical (unpaired) electrons. The van der Waals surface area contributed by atoms with Gasteiger partial charge < -0.3 is 14.8 Å². The van der Waals surface area contributed by atoms with Crippen molar-refractivity contribution < 1.29 is 0 Å². The molecule has 0 bridgehead atoms. The number of piperidine rings is 1. The van der Waals surface area contributed by atoms with Crippen molar-refractivity contribution in [2.75, 3.05) is 32.4 Å².